The van der Waals surface area contributed by atoms with Gasteiger partial charge in [-0.25, -0.2) is 0 Å². The molecular weight excluding hydrogens is 162 g/mol. The molecule has 68 valence electrons. The Kier molecular flexibility index (Phi) is 1.97. The number of hydrogen-bond acceptors (Lipinski definition) is 2. The fourth-order valence-electron chi connectivity index (χ4n) is 1.47. The Hall–Kier alpha value is -1.44. The van der Waals surface area contributed by atoms with Crippen LogP contribution in [0.15, 0.2) is 24.3 Å². The first-order valence-electron chi connectivity index (χ1n) is 4.42. The molecule has 2 nitrogen and oxygen atoms in total. The predicted octanol–water partition coefficient (Wildman–Crippen LogP) is 2.52. The number of hydrogen-bond donors (Lipinski definition) is 1. The largest absolute Gasteiger partial charge is 0.497 e. The SMILES string of the molecule is COc1ccc2c(c1)NC(C)C=C2. The highest BCUT2D eigenvalue weighted by atomic mass is 16.5. The minimum Gasteiger partial charge on any atom is -0.497 e. The number of benzene rings is 1. The summed E-state index contributed by atoms with van der Waals surface area (Å²) >= 11 is 0. The Morgan fingerprint density at radius 3 is 3.00 bits per heavy atom. The number of nitrogens with one attached hydrogen (secondary N) is 1. The molecule has 1 aromatic carbocycles. The number of ether oxygens (including phenoxy) is 1. The van der Waals surface area contributed by atoms with Crippen LogP contribution in [-0.4, -0.2) is 13.2 Å². The first-order chi connectivity index (χ1) is 6.29. The molecule has 0 aromatic heterocycles. The summed E-state index contributed by atoms with van der Waals surface area (Å²) < 4.78 is 5.15. The molecule has 0 saturated heterocycles. The van der Waals surface area contributed by atoms with Crippen molar-refractivity contribution in [1.29, 1.82) is 0 Å². The van der Waals surface area contributed by atoms with Gasteiger partial charge in [-0.1, -0.05) is 12.2 Å². The Balaban J connectivity index is 2.40. The quantitative estimate of drug-likeness (QED) is 0.708. The summed E-state index contributed by atoms with van der Waals surface area (Å²) in [6, 6.07) is 6.46. The lowest BCUT2D eigenvalue weighted by molar-refractivity contribution is 0.415. The van der Waals surface area contributed by atoms with Gasteiger partial charge >= 0.3 is 0 Å². The van der Waals surface area contributed by atoms with Gasteiger partial charge in [-0.2, -0.15) is 0 Å². The molecule has 2 rings (SSSR count). The van der Waals surface area contributed by atoms with Crippen LogP contribution in [0.4, 0.5) is 5.69 Å². The summed E-state index contributed by atoms with van der Waals surface area (Å²) in [7, 11) is 1.68. The molecule has 1 aliphatic heterocycles. The van der Waals surface area contributed by atoms with Crippen molar-refractivity contribution in [3.63, 3.8) is 0 Å². The van der Waals surface area contributed by atoms with Gasteiger partial charge in [-0.3, -0.25) is 0 Å². The van der Waals surface area contributed by atoms with Gasteiger partial charge in [0, 0.05) is 17.8 Å². The van der Waals surface area contributed by atoms with Crippen LogP contribution in [0.25, 0.3) is 6.08 Å². The van der Waals surface area contributed by atoms with Crippen LogP contribution < -0.4 is 10.1 Å². The van der Waals surface area contributed by atoms with E-state index in [1.54, 1.807) is 7.11 Å². The van der Waals surface area contributed by atoms with Gasteiger partial charge in [-0.05, 0) is 24.6 Å². The summed E-state index contributed by atoms with van der Waals surface area (Å²) in [6.07, 6.45) is 4.28. The maximum atomic E-state index is 5.15. The summed E-state index contributed by atoms with van der Waals surface area (Å²) in [5.74, 6) is 0.897. The zero-order valence-electron chi connectivity index (χ0n) is 7.87. The van der Waals surface area contributed by atoms with E-state index in [4.69, 9.17) is 4.74 Å². The average molecular weight is 175 g/mol. The van der Waals surface area contributed by atoms with Gasteiger partial charge in [0.2, 0.25) is 0 Å². The van der Waals surface area contributed by atoms with Crippen LogP contribution in [0.3, 0.4) is 0 Å². The van der Waals surface area contributed by atoms with E-state index in [1.807, 2.05) is 12.1 Å². The van der Waals surface area contributed by atoms with Crippen LogP contribution in [-0.2, 0) is 0 Å². The first kappa shape index (κ1) is 8.17. The molecule has 0 saturated carbocycles. The van der Waals surface area contributed by atoms with E-state index in [2.05, 4.69) is 30.5 Å². The lowest BCUT2D eigenvalue weighted by atomic mass is 10.1. The topological polar surface area (TPSA) is 21.3 Å². The molecule has 1 heterocycles. The molecule has 1 unspecified atom stereocenters. The van der Waals surface area contributed by atoms with Gasteiger partial charge in [0.1, 0.15) is 5.75 Å². The van der Waals surface area contributed by atoms with Gasteiger partial charge < -0.3 is 10.1 Å². The molecule has 0 spiro atoms. The highest BCUT2D eigenvalue weighted by Crippen LogP contribution is 2.27. The minimum absolute atomic E-state index is 0.402. The summed E-state index contributed by atoms with van der Waals surface area (Å²) in [5, 5.41) is 3.37. The number of methoxy groups -OCH3 is 1. The standard InChI is InChI=1S/C11H13NO/c1-8-3-4-9-5-6-10(13-2)7-11(9)12-8/h3-8,12H,1-2H3. The summed E-state index contributed by atoms with van der Waals surface area (Å²) in [5.41, 5.74) is 2.37. The van der Waals surface area contributed by atoms with E-state index in [-0.39, 0.29) is 0 Å². The second kappa shape index (κ2) is 3.13. The zero-order chi connectivity index (χ0) is 9.26. The molecule has 1 aliphatic rings. The minimum atomic E-state index is 0.402. The number of anilines is 1. The van der Waals surface area contributed by atoms with Crippen molar-refractivity contribution in [2.24, 2.45) is 0 Å². The van der Waals surface area contributed by atoms with Crippen LogP contribution in [0.5, 0.6) is 5.75 Å². The molecular formula is C11H13NO. The van der Waals surface area contributed by atoms with Crippen LogP contribution in [0.1, 0.15) is 12.5 Å². The van der Waals surface area contributed by atoms with Crippen molar-refractivity contribution in [1.82, 2.24) is 0 Å². The van der Waals surface area contributed by atoms with Crippen LogP contribution >= 0.6 is 0 Å². The van der Waals surface area contributed by atoms with Crippen molar-refractivity contribution < 1.29 is 4.74 Å². The average Bonchev–Trinajstić information content (AvgIpc) is 2.16. The fraction of sp³-hybridized carbons (Fsp3) is 0.273. The Bertz CT molecular complexity index is 344. The second-order valence-corrected chi connectivity index (χ2v) is 3.25. The third-order valence-electron chi connectivity index (χ3n) is 2.21. The maximum absolute atomic E-state index is 5.15. The molecule has 0 bridgehead atoms. The van der Waals surface area contributed by atoms with Gasteiger partial charge in [0.05, 0.1) is 7.11 Å². The Labute approximate surface area is 78.2 Å². The van der Waals surface area contributed by atoms with Gasteiger partial charge in [-0.15, -0.1) is 0 Å². The first-order valence-corrected chi connectivity index (χ1v) is 4.42. The van der Waals surface area contributed by atoms with E-state index >= 15 is 0 Å². The molecule has 0 amide bonds. The van der Waals surface area contributed by atoms with E-state index in [9.17, 15) is 0 Å². The Morgan fingerprint density at radius 2 is 2.23 bits per heavy atom. The fourth-order valence-corrected chi connectivity index (χ4v) is 1.47. The molecule has 0 fully saturated rings. The summed E-state index contributed by atoms with van der Waals surface area (Å²) in [4.78, 5) is 0. The van der Waals surface area contributed by atoms with Crippen molar-refractivity contribution in [2.45, 2.75) is 13.0 Å². The Morgan fingerprint density at radius 1 is 1.38 bits per heavy atom. The third kappa shape index (κ3) is 1.52. The van der Waals surface area contributed by atoms with Crippen molar-refractivity contribution in [3.8, 4) is 5.75 Å². The molecule has 13 heavy (non-hydrogen) atoms. The van der Waals surface area contributed by atoms with Crippen molar-refractivity contribution in [3.05, 3.63) is 29.8 Å². The molecule has 2 heteroatoms. The second-order valence-electron chi connectivity index (χ2n) is 3.25. The van der Waals surface area contributed by atoms with Crippen molar-refractivity contribution in [2.75, 3.05) is 12.4 Å². The third-order valence-corrected chi connectivity index (χ3v) is 2.21. The van der Waals surface area contributed by atoms with Gasteiger partial charge in [0.15, 0.2) is 0 Å². The van der Waals surface area contributed by atoms with E-state index in [1.165, 1.54) is 5.56 Å². The van der Waals surface area contributed by atoms with Gasteiger partial charge in [0.25, 0.3) is 0 Å². The summed E-state index contributed by atoms with van der Waals surface area (Å²) in [6.45, 7) is 2.12. The molecule has 1 aromatic rings. The lowest BCUT2D eigenvalue weighted by Gasteiger charge is -2.19. The van der Waals surface area contributed by atoms with Crippen LogP contribution in [0, 0.1) is 0 Å². The zero-order valence-corrected chi connectivity index (χ0v) is 7.87. The normalized spacial score (nSPS) is 19.1. The van der Waals surface area contributed by atoms with E-state index in [0.717, 1.165) is 11.4 Å². The number of fused-ring (bicyclic) bond motifs is 1. The monoisotopic (exact) mass is 175 g/mol. The maximum Gasteiger partial charge on any atom is 0.120 e. The molecule has 0 aliphatic carbocycles. The smallest absolute Gasteiger partial charge is 0.120 e. The van der Waals surface area contributed by atoms with Crippen molar-refractivity contribution >= 4 is 11.8 Å². The molecule has 1 atom stereocenters. The van der Waals surface area contributed by atoms with E-state index in [0.29, 0.717) is 6.04 Å². The molecule has 0 radical (unpaired) electrons. The van der Waals surface area contributed by atoms with Crippen LogP contribution in [0.2, 0.25) is 0 Å². The highest BCUT2D eigenvalue weighted by Gasteiger charge is 2.08. The number of rotatable bonds is 1. The molecule has 1 N–H and O–H groups in total. The highest BCUT2D eigenvalue weighted by molar-refractivity contribution is 5.72. The predicted molar refractivity (Wildman–Crippen MR) is 55.1 cm³/mol. The van der Waals surface area contributed by atoms with E-state index < -0.39 is 0 Å². The lowest BCUT2D eigenvalue weighted by Crippen LogP contribution is -2.15.